The molecule has 7 nitrogen and oxygen atoms in total. The quantitative estimate of drug-likeness (QED) is 0.198. The van der Waals surface area contributed by atoms with Gasteiger partial charge in [-0.2, -0.15) is 0 Å². The van der Waals surface area contributed by atoms with E-state index in [0.717, 1.165) is 5.69 Å². The zero-order valence-electron chi connectivity index (χ0n) is 22.2. The molecule has 5 atom stereocenters. The third-order valence-electron chi connectivity index (χ3n) is 9.11. The van der Waals surface area contributed by atoms with Crippen molar-refractivity contribution in [2.75, 3.05) is 10.6 Å². The normalized spacial score (nSPS) is 27.6. The molecule has 0 saturated heterocycles. The number of rotatable bonds is 4. The van der Waals surface area contributed by atoms with Crippen LogP contribution < -0.4 is 10.6 Å². The molecule has 7 heteroatoms. The number of carbonyl (C=O) groups excluding carboxylic acids is 2. The van der Waals surface area contributed by atoms with Crippen LogP contribution in [0.5, 0.6) is 5.75 Å². The third kappa shape index (κ3) is 3.31. The molecule has 3 aromatic rings. The van der Waals surface area contributed by atoms with Gasteiger partial charge in [0.2, 0.25) is 0 Å². The number of benzene rings is 3. The van der Waals surface area contributed by atoms with Crippen molar-refractivity contribution in [3.63, 3.8) is 0 Å². The van der Waals surface area contributed by atoms with Crippen LogP contribution in [0.2, 0.25) is 0 Å². The van der Waals surface area contributed by atoms with Gasteiger partial charge in [-0.15, -0.1) is 0 Å². The van der Waals surface area contributed by atoms with Gasteiger partial charge in [-0.05, 0) is 54.8 Å². The first-order valence-electron chi connectivity index (χ1n) is 13.5. The molecule has 0 unspecified atom stereocenters. The van der Waals surface area contributed by atoms with E-state index in [2.05, 4.69) is 34.3 Å². The number of hydrogen-bond donors (Lipinski definition) is 5. The van der Waals surface area contributed by atoms with Crippen LogP contribution in [0.1, 0.15) is 56.3 Å². The van der Waals surface area contributed by atoms with E-state index in [4.69, 9.17) is 0 Å². The molecule has 5 N–H and O–H groups in total. The molecule has 41 heavy (non-hydrogen) atoms. The Morgan fingerprint density at radius 1 is 1.00 bits per heavy atom. The molecule has 2 bridgehead atoms. The van der Waals surface area contributed by atoms with Gasteiger partial charge >= 0.3 is 0 Å². The SMILES string of the molecule is C[C@@H](O)[C@@]12C[C@]13c1cc(O)c4c(c1N[C@H]2C#C/C=C\C#C[C@@H]3O)C(=O)c1cccc(CNc2ccccc2)c1C4=O. The summed E-state index contributed by atoms with van der Waals surface area (Å²) in [6.07, 6.45) is 1.36. The molecule has 202 valence electrons. The topological polar surface area (TPSA) is 119 Å². The maximum absolute atomic E-state index is 14.2. The van der Waals surface area contributed by atoms with Crippen LogP contribution in [0, 0.1) is 29.1 Å². The van der Waals surface area contributed by atoms with Crippen LogP contribution >= 0.6 is 0 Å². The number of aliphatic hydroxyl groups excluding tert-OH is 2. The van der Waals surface area contributed by atoms with E-state index in [1.807, 2.05) is 30.3 Å². The summed E-state index contributed by atoms with van der Waals surface area (Å²) in [5, 5.41) is 40.4. The van der Waals surface area contributed by atoms with Crippen molar-refractivity contribution in [1.82, 2.24) is 0 Å². The largest absolute Gasteiger partial charge is 0.507 e. The number of fused-ring (bicyclic) bond motifs is 4. The summed E-state index contributed by atoms with van der Waals surface area (Å²) in [7, 11) is 0. The Bertz CT molecular complexity index is 1820. The Labute approximate surface area is 236 Å². The van der Waals surface area contributed by atoms with E-state index in [-0.39, 0.29) is 28.0 Å². The Hall–Kier alpha value is -4.82. The van der Waals surface area contributed by atoms with Crippen molar-refractivity contribution in [1.29, 1.82) is 0 Å². The molecule has 1 saturated carbocycles. The molecule has 4 aliphatic rings. The molecule has 0 spiro atoms. The standard InChI is InChI=1S/C34H26N2O5/c1-19(37)33-18-34(33)23-16-24(38)28-29(30(23)36-25(33)14-7-2-3-8-15-26(34)39)31(40)22-13-9-10-20(27(22)32(28)41)17-35-21-11-5-4-6-12-21/h2-6,9-13,16,19,25-26,35-39H,17-18H2,1H3/b3-2-/t19-,25+,26+,33-,34-/m1/s1. The van der Waals surface area contributed by atoms with Crippen molar-refractivity contribution < 1.29 is 24.9 Å². The summed E-state index contributed by atoms with van der Waals surface area (Å²) >= 11 is 0. The molecule has 1 fully saturated rings. The summed E-state index contributed by atoms with van der Waals surface area (Å²) in [4.78, 5) is 28.3. The average molecular weight is 543 g/mol. The van der Waals surface area contributed by atoms with Crippen LogP contribution in [0.25, 0.3) is 0 Å². The van der Waals surface area contributed by atoms with E-state index in [9.17, 15) is 24.9 Å². The first-order chi connectivity index (χ1) is 19.8. The molecule has 3 aromatic carbocycles. The number of anilines is 2. The number of carbonyl (C=O) groups is 2. The predicted octanol–water partition coefficient (Wildman–Crippen LogP) is 3.52. The van der Waals surface area contributed by atoms with Crippen LogP contribution in [-0.2, 0) is 12.0 Å². The minimum absolute atomic E-state index is 0.0516. The highest BCUT2D eigenvalue weighted by molar-refractivity contribution is 6.32. The van der Waals surface area contributed by atoms with Crippen molar-refractivity contribution in [2.45, 2.75) is 43.6 Å². The van der Waals surface area contributed by atoms with Crippen molar-refractivity contribution >= 4 is 22.9 Å². The summed E-state index contributed by atoms with van der Waals surface area (Å²) in [5.74, 6) is 10.6. The molecule has 1 aliphatic heterocycles. The van der Waals surface area contributed by atoms with Crippen LogP contribution in [0.3, 0.4) is 0 Å². The second kappa shape index (κ2) is 8.84. The molecular formula is C34H26N2O5. The van der Waals surface area contributed by atoms with Gasteiger partial charge < -0.3 is 26.0 Å². The first-order valence-corrected chi connectivity index (χ1v) is 13.5. The van der Waals surface area contributed by atoms with Gasteiger partial charge in [-0.3, -0.25) is 9.59 Å². The summed E-state index contributed by atoms with van der Waals surface area (Å²) < 4.78 is 0. The summed E-state index contributed by atoms with van der Waals surface area (Å²) in [6.45, 7) is 1.96. The fraction of sp³-hybridized carbons (Fsp3) is 0.235. The second-order valence-corrected chi connectivity index (χ2v) is 11.0. The predicted molar refractivity (Wildman–Crippen MR) is 154 cm³/mol. The number of allylic oxidation sites excluding steroid dienone is 2. The highest BCUT2D eigenvalue weighted by Crippen LogP contribution is 2.74. The zero-order chi connectivity index (χ0) is 28.5. The monoisotopic (exact) mass is 542 g/mol. The van der Waals surface area contributed by atoms with E-state index in [1.165, 1.54) is 6.07 Å². The van der Waals surface area contributed by atoms with E-state index in [1.54, 1.807) is 37.3 Å². The fourth-order valence-electron chi connectivity index (χ4n) is 7.13. The average Bonchev–Trinajstić information content (AvgIpc) is 3.70. The van der Waals surface area contributed by atoms with Gasteiger partial charge in [-0.25, -0.2) is 0 Å². The summed E-state index contributed by atoms with van der Waals surface area (Å²) in [6, 6.07) is 15.5. The molecular weight excluding hydrogens is 516 g/mol. The first kappa shape index (κ1) is 25.2. The van der Waals surface area contributed by atoms with Crippen molar-refractivity contribution in [3.8, 4) is 29.4 Å². The van der Waals surface area contributed by atoms with Crippen molar-refractivity contribution in [3.05, 3.63) is 100 Å². The Balaban J connectivity index is 1.40. The van der Waals surface area contributed by atoms with Crippen LogP contribution in [0.4, 0.5) is 11.4 Å². The highest BCUT2D eigenvalue weighted by Gasteiger charge is 2.79. The second-order valence-electron chi connectivity index (χ2n) is 11.0. The number of aromatic hydroxyl groups is 1. The number of phenols is 1. The molecule has 7 rings (SSSR count). The number of para-hydroxylation sites is 1. The third-order valence-corrected chi connectivity index (χ3v) is 9.11. The van der Waals surface area contributed by atoms with Crippen LogP contribution in [0.15, 0.2) is 66.7 Å². The lowest BCUT2D eigenvalue weighted by molar-refractivity contribution is 0.0603. The van der Waals surface area contributed by atoms with Gasteiger partial charge in [0.25, 0.3) is 0 Å². The Morgan fingerprint density at radius 3 is 2.51 bits per heavy atom. The molecule has 0 aromatic heterocycles. The minimum Gasteiger partial charge on any atom is -0.507 e. The molecule has 0 radical (unpaired) electrons. The maximum Gasteiger partial charge on any atom is 0.198 e. The number of nitrogens with one attached hydrogen (secondary N) is 2. The number of phenolic OH excluding ortho intramolecular Hbond substituents is 1. The number of hydrogen-bond acceptors (Lipinski definition) is 7. The van der Waals surface area contributed by atoms with Crippen LogP contribution in [-0.4, -0.2) is 45.1 Å². The smallest absolute Gasteiger partial charge is 0.198 e. The lowest BCUT2D eigenvalue weighted by Gasteiger charge is -2.42. The van der Waals surface area contributed by atoms with E-state index in [0.29, 0.717) is 29.8 Å². The number of ketones is 2. The van der Waals surface area contributed by atoms with Gasteiger partial charge in [0.1, 0.15) is 11.9 Å². The molecule has 0 amide bonds. The summed E-state index contributed by atoms with van der Waals surface area (Å²) in [5.41, 5.74) is 0.744. The number of aliphatic hydroxyl groups is 2. The van der Waals surface area contributed by atoms with Gasteiger partial charge in [0.15, 0.2) is 11.6 Å². The van der Waals surface area contributed by atoms with Gasteiger partial charge in [0, 0.05) is 34.2 Å². The minimum atomic E-state index is -1.21. The van der Waals surface area contributed by atoms with Gasteiger partial charge in [-0.1, -0.05) is 60.1 Å². The van der Waals surface area contributed by atoms with E-state index >= 15 is 0 Å². The lowest BCUT2D eigenvalue weighted by atomic mass is 9.69. The molecule has 1 heterocycles. The zero-order valence-corrected chi connectivity index (χ0v) is 22.2. The van der Waals surface area contributed by atoms with Gasteiger partial charge in [0.05, 0.1) is 29.0 Å². The Morgan fingerprint density at radius 2 is 1.76 bits per heavy atom. The molecule has 3 aliphatic carbocycles. The van der Waals surface area contributed by atoms with Crippen molar-refractivity contribution in [2.24, 2.45) is 5.41 Å². The maximum atomic E-state index is 14.2. The Kier molecular flexibility index (Phi) is 5.43. The van der Waals surface area contributed by atoms with E-state index < -0.39 is 40.6 Å². The fourth-order valence-corrected chi connectivity index (χ4v) is 7.13. The lowest BCUT2D eigenvalue weighted by Crippen LogP contribution is -2.50. The highest BCUT2D eigenvalue weighted by atomic mass is 16.3.